The molecule has 0 fully saturated rings. The van der Waals surface area contributed by atoms with Crippen molar-refractivity contribution in [3.05, 3.63) is 194 Å². The number of hydrogen-bond donors (Lipinski definition) is 0. The molecule has 0 aliphatic carbocycles. The van der Waals surface area contributed by atoms with Gasteiger partial charge in [0.2, 0.25) is 0 Å². The van der Waals surface area contributed by atoms with Crippen LogP contribution in [0.25, 0.3) is 152 Å². The van der Waals surface area contributed by atoms with E-state index in [-0.39, 0.29) is 0 Å². The van der Waals surface area contributed by atoms with Crippen molar-refractivity contribution in [2.45, 2.75) is 0 Å². The Balaban J connectivity index is 1.05. The molecule has 0 radical (unpaired) electrons. The van der Waals surface area contributed by atoms with E-state index in [4.69, 9.17) is 13.3 Å². The number of para-hydroxylation sites is 4. The van der Waals surface area contributed by atoms with Crippen molar-refractivity contribution in [3.8, 4) is 22.5 Å². The molecule has 66 heavy (non-hydrogen) atoms. The van der Waals surface area contributed by atoms with Crippen LogP contribution in [0.4, 0.5) is 0 Å². The quantitative estimate of drug-likeness (QED) is 0.178. The summed E-state index contributed by atoms with van der Waals surface area (Å²) in [6.07, 6.45) is 0. The maximum Gasteiger partial charge on any atom is 0.160 e. The summed E-state index contributed by atoms with van der Waals surface area (Å²) < 4.78 is 28.2. The van der Waals surface area contributed by atoms with E-state index in [0.29, 0.717) is 0 Å². The molecule has 0 aliphatic rings. The number of fused-ring (bicyclic) bond motifs is 20. The van der Waals surface area contributed by atoms with Crippen molar-refractivity contribution < 1.29 is 13.3 Å². The van der Waals surface area contributed by atoms with E-state index in [0.717, 1.165) is 132 Å². The molecule has 0 N–H and O–H groups in total. The molecule has 16 aromatic rings. The minimum atomic E-state index is 0.819. The zero-order chi connectivity index (χ0) is 42.8. The summed E-state index contributed by atoms with van der Waals surface area (Å²) in [7, 11) is 0. The Morgan fingerprint density at radius 2 is 0.818 bits per heavy atom. The number of thiophene rings is 1. The Labute approximate surface area is 378 Å². The summed E-state index contributed by atoms with van der Waals surface area (Å²) in [6.45, 7) is 0. The lowest BCUT2D eigenvalue weighted by atomic mass is 9.94. The zero-order valence-electron chi connectivity index (χ0n) is 35.0. The fourth-order valence-corrected chi connectivity index (χ4v) is 12.6. The van der Waals surface area contributed by atoms with Gasteiger partial charge in [0.05, 0.1) is 33.4 Å². The van der Waals surface area contributed by atoms with E-state index in [9.17, 15) is 0 Å². The molecule has 16 rings (SSSR count). The van der Waals surface area contributed by atoms with E-state index in [1.165, 1.54) is 20.2 Å². The van der Waals surface area contributed by atoms with Crippen molar-refractivity contribution in [1.29, 1.82) is 0 Å². The second kappa shape index (κ2) is 12.6. The topological polar surface area (TPSA) is 49.3 Å². The lowest BCUT2D eigenvalue weighted by molar-refractivity contribution is 0.665. The highest BCUT2D eigenvalue weighted by Gasteiger charge is 2.27. The molecule has 6 heteroatoms. The summed E-state index contributed by atoms with van der Waals surface area (Å²) in [5.74, 6) is 0. The maximum atomic E-state index is 7.11. The van der Waals surface area contributed by atoms with Crippen LogP contribution >= 0.6 is 11.3 Å². The number of nitrogens with zero attached hydrogens (tertiary/aromatic N) is 2. The summed E-state index contributed by atoms with van der Waals surface area (Å²) in [5.41, 5.74) is 13.7. The molecule has 6 aromatic heterocycles. The number of rotatable bonds is 3. The number of hydrogen-bond acceptors (Lipinski definition) is 4. The molecule has 6 heterocycles. The Hall–Kier alpha value is -8.58. The predicted octanol–water partition coefficient (Wildman–Crippen LogP) is 17.6. The van der Waals surface area contributed by atoms with Gasteiger partial charge in [-0.15, -0.1) is 11.3 Å². The normalized spacial score (nSPS) is 12.5. The highest BCUT2D eigenvalue weighted by Crippen LogP contribution is 2.50. The minimum absolute atomic E-state index is 0.819. The van der Waals surface area contributed by atoms with Crippen LogP contribution in [-0.4, -0.2) is 9.13 Å². The van der Waals surface area contributed by atoms with Gasteiger partial charge in [-0.3, -0.25) is 0 Å². The van der Waals surface area contributed by atoms with E-state index in [1.807, 2.05) is 17.4 Å². The zero-order valence-corrected chi connectivity index (χ0v) is 35.8. The Morgan fingerprint density at radius 1 is 0.288 bits per heavy atom. The second-order valence-electron chi connectivity index (χ2n) is 17.4. The van der Waals surface area contributed by atoms with Gasteiger partial charge in [0.1, 0.15) is 16.7 Å². The molecule has 10 aromatic carbocycles. The van der Waals surface area contributed by atoms with Crippen LogP contribution in [0.15, 0.2) is 207 Å². The molecule has 0 unspecified atom stereocenters. The number of benzene rings is 10. The molecule has 0 amide bonds. The molecule has 0 saturated carbocycles. The Morgan fingerprint density at radius 3 is 1.59 bits per heavy atom. The molecule has 0 saturated heterocycles. The van der Waals surface area contributed by atoms with Crippen LogP contribution in [-0.2, 0) is 0 Å². The first-order chi connectivity index (χ1) is 32.8. The molecular weight excluding hydrogens is 829 g/mol. The smallest absolute Gasteiger partial charge is 0.160 e. The van der Waals surface area contributed by atoms with Gasteiger partial charge in [-0.25, -0.2) is 0 Å². The fourth-order valence-electron chi connectivity index (χ4n) is 11.4. The van der Waals surface area contributed by atoms with Crippen LogP contribution < -0.4 is 0 Å². The lowest BCUT2D eigenvalue weighted by Crippen LogP contribution is -1.96. The number of aromatic nitrogens is 2. The summed E-state index contributed by atoms with van der Waals surface area (Å²) >= 11 is 1.84. The van der Waals surface area contributed by atoms with E-state index < -0.39 is 0 Å². The first-order valence-corrected chi connectivity index (χ1v) is 23.1. The van der Waals surface area contributed by atoms with Gasteiger partial charge in [-0.2, -0.15) is 0 Å². The standard InChI is InChI=1S/C60H32N2O3S/c1-6-19-44-33(13-1)38-27-28-39-34-14-2-7-22-48(34)63-58(39)56(38)61(44)47-32-31-37(54-41-16-4-9-24-50(41)65-60(47)54)36-18-11-20-45-53(36)43-30-29-40-35-15-3-8-23-49(35)64-59(40)57(43)62(45)46-21-12-26-52-55(46)42-17-5-10-25-51(42)66-52/h1-32H. The van der Waals surface area contributed by atoms with Gasteiger partial charge in [0.25, 0.3) is 0 Å². The number of furan rings is 3. The van der Waals surface area contributed by atoms with Crippen molar-refractivity contribution in [1.82, 2.24) is 9.13 Å². The van der Waals surface area contributed by atoms with E-state index in [2.05, 4.69) is 197 Å². The van der Waals surface area contributed by atoms with Gasteiger partial charge in [-0.1, -0.05) is 127 Å². The van der Waals surface area contributed by atoms with Crippen molar-refractivity contribution in [2.75, 3.05) is 0 Å². The molecule has 306 valence electrons. The van der Waals surface area contributed by atoms with Crippen LogP contribution in [0.2, 0.25) is 0 Å². The average Bonchev–Trinajstić information content (AvgIpc) is 4.22. The van der Waals surface area contributed by atoms with E-state index >= 15 is 0 Å². The van der Waals surface area contributed by atoms with Gasteiger partial charge < -0.3 is 22.4 Å². The first kappa shape index (κ1) is 34.9. The monoisotopic (exact) mass is 860 g/mol. The van der Waals surface area contributed by atoms with Crippen molar-refractivity contribution in [3.63, 3.8) is 0 Å². The maximum absolute atomic E-state index is 7.11. The van der Waals surface area contributed by atoms with Crippen LogP contribution in [0.1, 0.15) is 0 Å². The van der Waals surface area contributed by atoms with E-state index in [1.54, 1.807) is 0 Å². The lowest BCUT2D eigenvalue weighted by Gasteiger charge is -2.13. The third-order valence-electron chi connectivity index (χ3n) is 14.1. The fraction of sp³-hybridized carbons (Fsp3) is 0. The van der Waals surface area contributed by atoms with Gasteiger partial charge in [0, 0.05) is 74.0 Å². The third-order valence-corrected chi connectivity index (χ3v) is 15.3. The molecular formula is C60H32N2O3S. The van der Waals surface area contributed by atoms with Crippen LogP contribution in [0.3, 0.4) is 0 Å². The highest BCUT2D eigenvalue weighted by molar-refractivity contribution is 7.25. The summed E-state index contributed by atoms with van der Waals surface area (Å²) in [6, 6.07) is 69.6. The molecule has 5 nitrogen and oxygen atoms in total. The summed E-state index contributed by atoms with van der Waals surface area (Å²) in [5, 5.41) is 13.6. The largest absolute Gasteiger partial charge is 0.454 e. The second-order valence-corrected chi connectivity index (χ2v) is 18.5. The Bertz CT molecular complexity index is 4780. The van der Waals surface area contributed by atoms with Crippen LogP contribution in [0, 0.1) is 0 Å². The minimum Gasteiger partial charge on any atom is -0.454 e. The van der Waals surface area contributed by atoms with Crippen molar-refractivity contribution >= 4 is 141 Å². The molecule has 0 atom stereocenters. The van der Waals surface area contributed by atoms with Gasteiger partial charge in [-0.05, 0) is 77.9 Å². The molecule has 0 aliphatic heterocycles. The SMILES string of the molecule is c1ccc2c(c1)oc1c2ccc2c3ccccc3n(-c3ccc(-c4cccc5c4c4ccc6c7ccccc7oc6c4n5-c4cccc5sc6ccccc6c45)c4c3oc3ccccc34)c21. The summed E-state index contributed by atoms with van der Waals surface area (Å²) in [4.78, 5) is 0. The molecule has 0 bridgehead atoms. The average molecular weight is 861 g/mol. The molecule has 0 spiro atoms. The first-order valence-electron chi connectivity index (χ1n) is 22.3. The van der Waals surface area contributed by atoms with Crippen molar-refractivity contribution in [2.24, 2.45) is 0 Å². The van der Waals surface area contributed by atoms with Crippen LogP contribution in [0.5, 0.6) is 0 Å². The highest BCUT2D eigenvalue weighted by atomic mass is 32.1. The Kier molecular flexibility index (Phi) is 6.64. The van der Waals surface area contributed by atoms with Gasteiger partial charge in [0.15, 0.2) is 16.7 Å². The third kappa shape index (κ3) is 4.39. The van der Waals surface area contributed by atoms with Gasteiger partial charge >= 0.3 is 0 Å². The predicted molar refractivity (Wildman–Crippen MR) is 275 cm³/mol.